The SMILES string of the molecule is COc1ccc(NC(=O)CC(=O)NN=Cc2cccc(OC)c2)cc1. The number of hydrogen-bond donors (Lipinski definition) is 2. The van der Waals surface area contributed by atoms with Crippen LogP contribution in [0.5, 0.6) is 11.5 Å². The van der Waals surface area contributed by atoms with Gasteiger partial charge in [0, 0.05) is 5.69 Å². The number of ether oxygens (including phenoxy) is 2. The fourth-order valence-electron chi connectivity index (χ4n) is 1.97. The second-order valence-electron chi connectivity index (χ2n) is 5.02. The van der Waals surface area contributed by atoms with Gasteiger partial charge < -0.3 is 14.8 Å². The maximum Gasteiger partial charge on any atom is 0.249 e. The lowest BCUT2D eigenvalue weighted by Crippen LogP contribution is -2.24. The van der Waals surface area contributed by atoms with Gasteiger partial charge in [0.25, 0.3) is 0 Å². The molecule has 0 fully saturated rings. The van der Waals surface area contributed by atoms with E-state index < -0.39 is 11.8 Å². The summed E-state index contributed by atoms with van der Waals surface area (Å²) in [4.78, 5) is 23.5. The molecule has 2 aromatic rings. The summed E-state index contributed by atoms with van der Waals surface area (Å²) in [6.07, 6.45) is 1.14. The van der Waals surface area contributed by atoms with Gasteiger partial charge in [-0.25, -0.2) is 5.43 Å². The second kappa shape index (κ2) is 9.07. The van der Waals surface area contributed by atoms with Gasteiger partial charge in [-0.1, -0.05) is 12.1 Å². The predicted octanol–water partition coefficient (Wildman–Crippen LogP) is 2.18. The Morgan fingerprint density at radius 2 is 1.72 bits per heavy atom. The Kier molecular flexibility index (Phi) is 6.53. The molecule has 0 radical (unpaired) electrons. The van der Waals surface area contributed by atoms with Crippen molar-refractivity contribution in [3.8, 4) is 11.5 Å². The van der Waals surface area contributed by atoms with Crippen molar-refractivity contribution in [2.75, 3.05) is 19.5 Å². The molecule has 0 saturated carbocycles. The number of amides is 2. The monoisotopic (exact) mass is 341 g/mol. The van der Waals surface area contributed by atoms with Crippen LogP contribution >= 0.6 is 0 Å². The van der Waals surface area contributed by atoms with Crippen molar-refractivity contribution in [3.63, 3.8) is 0 Å². The van der Waals surface area contributed by atoms with Crippen molar-refractivity contribution in [2.24, 2.45) is 5.10 Å². The number of anilines is 1. The standard InChI is InChI=1S/C18H19N3O4/c1-24-15-8-6-14(7-9-15)20-17(22)11-18(23)21-19-12-13-4-3-5-16(10-13)25-2/h3-10,12H,11H2,1-2H3,(H,20,22)(H,21,23). The van der Waals surface area contributed by atoms with Crippen molar-refractivity contribution < 1.29 is 19.1 Å². The molecule has 2 N–H and O–H groups in total. The molecule has 0 aromatic heterocycles. The summed E-state index contributed by atoms with van der Waals surface area (Å²) in [5.74, 6) is 0.432. The highest BCUT2D eigenvalue weighted by molar-refractivity contribution is 6.03. The van der Waals surface area contributed by atoms with Gasteiger partial charge in [0.2, 0.25) is 11.8 Å². The van der Waals surface area contributed by atoms with Crippen molar-refractivity contribution in [1.82, 2.24) is 5.43 Å². The van der Waals surface area contributed by atoms with Crippen molar-refractivity contribution >= 4 is 23.7 Å². The molecule has 7 heteroatoms. The Hall–Kier alpha value is -3.35. The summed E-state index contributed by atoms with van der Waals surface area (Å²) < 4.78 is 10.1. The molecule has 0 spiro atoms. The molecular formula is C18H19N3O4. The normalized spacial score (nSPS) is 10.3. The third-order valence-electron chi connectivity index (χ3n) is 3.19. The number of nitrogens with zero attached hydrogens (tertiary/aromatic N) is 1. The van der Waals surface area contributed by atoms with E-state index in [1.54, 1.807) is 50.6 Å². The number of rotatable bonds is 7. The molecule has 7 nitrogen and oxygen atoms in total. The van der Waals surface area contributed by atoms with Gasteiger partial charge in [-0.15, -0.1) is 0 Å². The summed E-state index contributed by atoms with van der Waals surface area (Å²) in [5.41, 5.74) is 3.66. The van der Waals surface area contributed by atoms with E-state index in [-0.39, 0.29) is 6.42 Å². The van der Waals surface area contributed by atoms with Crippen LogP contribution in [-0.4, -0.2) is 32.2 Å². The minimum atomic E-state index is -0.509. The lowest BCUT2D eigenvalue weighted by molar-refractivity contribution is -0.126. The van der Waals surface area contributed by atoms with E-state index in [1.807, 2.05) is 12.1 Å². The number of hydrazone groups is 1. The van der Waals surface area contributed by atoms with Gasteiger partial charge >= 0.3 is 0 Å². The number of hydrogen-bond acceptors (Lipinski definition) is 5. The molecule has 0 bridgehead atoms. The molecule has 0 saturated heterocycles. The van der Waals surface area contributed by atoms with Gasteiger partial charge in [0.1, 0.15) is 17.9 Å². The predicted molar refractivity (Wildman–Crippen MR) is 95.0 cm³/mol. The molecule has 0 heterocycles. The number of nitrogens with one attached hydrogen (secondary N) is 2. The minimum absolute atomic E-state index is 0.332. The third kappa shape index (κ3) is 5.98. The van der Waals surface area contributed by atoms with Gasteiger partial charge in [0.05, 0.1) is 20.4 Å². The Morgan fingerprint density at radius 3 is 2.40 bits per heavy atom. The first kappa shape index (κ1) is 18.0. The topological polar surface area (TPSA) is 89.0 Å². The van der Waals surface area contributed by atoms with Crippen LogP contribution in [0.25, 0.3) is 0 Å². The molecule has 0 unspecified atom stereocenters. The van der Waals surface area contributed by atoms with E-state index in [0.29, 0.717) is 17.2 Å². The van der Waals surface area contributed by atoms with E-state index >= 15 is 0 Å². The smallest absolute Gasteiger partial charge is 0.249 e. The largest absolute Gasteiger partial charge is 0.497 e. The van der Waals surface area contributed by atoms with E-state index in [0.717, 1.165) is 5.56 Å². The van der Waals surface area contributed by atoms with Crippen LogP contribution in [-0.2, 0) is 9.59 Å². The highest BCUT2D eigenvalue weighted by Gasteiger charge is 2.09. The summed E-state index contributed by atoms with van der Waals surface area (Å²) in [6, 6.07) is 14.0. The number of carbonyl (C=O) groups is 2. The molecular weight excluding hydrogens is 322 g/mol. The minimum Gasteiger partial charge on any atom is -0.497 e. The highest BCUT2D eigenvalue weighted by Crippen LogP contribution is 2.15. The zero-order valence-electron chi connectivity index (χ0n) is 14.0. The molecule has 0 aliphatic carbocycles. The molecule has 0 aliphatic heterocycles. The van der Waals surface area contributed by atoms with Crippen LogP contribution in [0.1, 0.15) is 12.0 Å². The Morgan fingerprint density at radius 1 is 1.00 bits per heavy atom. The fourth-order valence-corrected chi connectivity index (χ4v) is 1.97. The summed E-state index contributed by atoms with van der Waals surface area (Å²) in [5, 5.41) is 6.45. The maximum absolute atomic E-state index is 11.8. The average molecular weight is 341 g/mol. The molecule has 2 amide bonds. The molecule has 0 atom stereocenters. The zero-order chi connectivity index (χ0) is 18.1. The van der Waals surface area contributed by atoms with Crippen LogP contribution in [0.3, 0.4) is 0 Å². The highest BCUT2D eigenvalue weighted by atomic mass is 16.5. The summed E-state index contributed by atoms with van der Waals surface area (Å²) in [7, 11) is 3.13. The van der Waals surface area contributed by atoms with E-state index in [1.165, 1.54) is 6.21 Å². The number of benzene rings is 2. The molecule has 25 heavy (non-hydrogen) atoms. The van der Waals surface area contributed by atoms with Crippen LogP contribution < -0.4 is 20.2 Å². The first-order valence-electron chi connectivity index (χ1n) is 7.50. The summed E-state index contributed by atoms with van der Waals surface area (Å²) >= 11 is 0. The first-order chi connectivity index (χ1) is 12.1. The maximum atomic E-state index is 11.8. The Balaban J connectivity index is 1.80. The van der Waals surface area contributed by atoms with E-state index in [2.05, 4.69) is 15.8 Å². The van der Waals surface area contributed by atoms with Crippen LogP contribution in [0.4, 0.5) is 5.69 Å². The average Bonchev–Trinajstić information content (AvgIpc) is 2.62. The van der Waals surface area contributed by atoms with Gasteiger partial charge in [-0.05, 0) is 42.0 Å². The first-order valence-corrected chi connectivity index (χ1v) is 7.50. The summed E-state index contributed by atoms with van der Waals surface area (Å²) in [6.45, 7) is 0. The van der Waals surface area contributed by atoms with Crippen molar-refractivity contribution in [2.45, 2.75) is 6.42 Å². The van der Waals surface area contributed by atoms with Gasteiger partial charge in [-0.3, -0.25) is 9.59 Å². The Labute approximate surface area is 145 Å². The van der Waals surface area contributed by atoms with Crippen molar-refractivity contribution in [3.05, 3.63) is 54.1 Å². The molecule has 0 aliphatic rings. The lowest BCUT2D eigenvalue weighted by Gasteiger charge is -2.05. The van der Waals surface area contributed by atoms with Crippen LogP contribution in [0.2, 0.25) is 0 Å². The quantitative estimate of drug-likeness (QED) is 0.459. The van der Waals surface area contributed by atoms with Gasteiger partial charge in [0.15, 0.2) is 0 Å². The number of carbonyl (C=O) groups excluding carboxylic acids is 2. The molecule has 2 aromatic carbocycles. The van der Waals surface area contributed by atoms with E-state index in [4.69, 9.17) is 9.47 Å². The van der Waals surface area contributed by atoms with Crippen LogP contribution in [0.15, 0.2) is 53.6 Å². The second-order valence-corrected chi connectivity index (χ2v) is 5.02. The molecule has 2 rings (SSSR count). The fraction of sp³-hybridized carbons (Fsp3) is 0.167. The zero-order valence-corrected chi connectivity index (χ0v) is 14.0. The number of methoxy groups -OCH3 is 2. The lowest BCUT2D eigenvalue weighted by atomic mass is 10.2. The van der Waals surface area contributed by atoms with E-state index in [9.17, 15) is 9.59 Å². The van der Waals surface area contributed by atoms with Gasteiger partial charge in [-0.2, -0.15) is 5.10 Å². The third-order valence-corrected chi connectivity index (χ3v) is 3.19. The molecule has 130 valence electrons. The Bertz CT molecular complexity index is 757. The van der Waals surface area contributed by atoms with Crippen LogP contribution in [0, 0.1) is 0 Å². The van der Waals surface area contributed by atoms with Crippen molar-refractivity contribution in [1.29, 1.82) is 0 Å².